The SMILES string of the molecule is COc1cccc(CN2C3COCC2CC(NC(=O)c2nn(C4CCCC4)c4ccccc24)C3)c1. The van der Waals surface area contributed by atoms with Crippen molar-refractivity contribution in [2.24, 2.45) is 0 Å². The lowest BCUT2D eigenvalue weighted by atomic mass is 9.89. The van der Waals surface area contributed by atoms with E-state index >= 15 is 0 Å². The standard InChI is InChI=1S/C28H34N4O3/c1-34-24-10-6-7-19(13-24)16-31-22-14-20(15-23(31)18-35-17-22)29-28(33)27-25-11-4-5-12-26(25)32(30-27)21-8-2-3-9-21/h4-7,10-13,20-23H,2-3,8-9,14-18H2,1H3,(H,29,33). The first-order valence-electron chi connectivity index (χ1n) is 12.9. The summed E-state index contributed by atoms with van der Waals surface area (Å²) in [7, 11) is 1.70. The molecule has 2 atom stereocenters. The topological polar surface area (TPSA) is 68.6 Å². The number of piperidine rings is 1. The third-order valence-electron chi connectivity index (χ3n) is 8.01. The summed E-state index contributed by atoms with van der Waals surface area (Å²) in [4.78, 5) is 16.0. The summed E-state index contributed by atoms with van der Waals surface area (Å²) >= 11 is 0. The van der Waals surface area contributed by atoms with E-state index < -0.39 is 0 Å². The molecule has 2 aliphatic heterocycles. The Morgan fingerprint density at radius 2 is 1.83 bits per heavy atom. The Morgan fingerprint density at radius 1 is 1.06 bits per heavy atom. The number of benzene rings is 2. The van der Waals surface area contributed by atoms with Crippen LogP contribution in [-0.2, 0) is 11.3 Å². The molecule has 7 nitrogen and oxygen atoms in total. The molecule has 2 saturated heterocycles. The molecule has 35 heavy (non-hydrogen) atoms. The first-order valence-corrected chi connectivity index (χ1v) is 12.9. The van der Waals surface area contributed by atoms with Crippen molar-refractivity contribution in [1.82, 2.24) is 20.0 Å². The molecular weight excluding hydrogens is 440 g/mol. The summed E-state index contributed by atoms with van der Waals surface area (Å²) < 4.78 is 13.4. The van der Waals surface area contributed by atoms with E-state index in [1.165, 1.54) is 18.4 Å². The van der Waals surface area contributed by atoms with Gasteiger partial charge in [-0.2, -0.15) is 5.10 Å². The van der Waals surface area contributed by atoms with Crippen LogP contribution in [0, 0.1) is 0 Å². The number of rotatable bonds is 6. The zero-order valence-corrected chi connectivity index (χ0v) is 20.4. The Labute approximate surface area is 206 Å². The van der Waals surface area contributed by atoms with Gasteiger partial charge in [0.1, 0.15) is 5.75 Å². The molecule has 6 rings (SSSR count). The van der Waals surface area contributed by atoms with E-state index in [0.717, 1.165) is 48.9 Å². The number of amides is 1. The molecule has 1 aliphatic carbocycles. The van der Waals surface area contributed by atoms with E-state index in [-0.39, 0.29) is 24.0 Å². The third-order valence-corrected chi connectivity index (χ3v) is 8.01. The number of nitrogens with zero attached hydrogens (tertiary/aromatic N) is 3. The number of hydrogen-bond acceptors (Lipinski definition) is 5. The number of morpholine rings is 1. The summed E-state index contributed by atoms with van der Waals surface area (Å²) in [5.41, 5.74) is 2.88. The summed E-state index contributed by atoms with van der Waals surface area (Å²) in [6.07, 6.45) is 6.52. The molecular formula is C28H34N4O3. The minimum Gasteiger partial charge on any atom is -0.497 e. The van der Waals surface area contributed by atoms with Crippen molar-refractivity contribution in [2.45, 2.75) is 69.2 Å². The van der Waals surface area contributed by atoms with Gasteiger partial charge in [-0.3, -0.25) is 14.4 Å². The van der Waals surface area contributed by atoms with Gasteiger partial charge in [-0.15, -0.1) is 0 Å². The van der Waals surface area contributed by atoms with Crippen molar-refractivity contribution in [1.29, 1.82) is 0 Å². The highest BCUT2D eigenvalue weighted by atomic mass is 16.5. The van der Waals surface area contributed by atoms with Gasteiger partial charge in [-0.1, -0.05) is 43.2 Å². The number of hydrogen-bond donors (Lipinski definition) is 1. The van der Waals surface area contributed by atoms with E-state index in [1.54, 1.807) is 7.11 Å². The Kier molecular flexibility index (Phi) is 6.20. The predicted octanol–water partition coefficient (Wildman–Crippen LogP) is 4.32. The third kappa shape index (κ3) is 4.43. The fourth-order valence-corrected chi connectivity index (χ4v) is 6.29. The highest BCUT2D eigenvalue weighted by molar-refractivity contribution is 6.05. The number of aromatic nitrogens is 2. The number of fused-ring (bicyclic) bond motifs is 3. The van der Waals surface area contributed by atoms with Crippen molar-refractivity contribution in [3.8, 4) is 5.75 Å². The first-order chi connectivity index (χ1) is 17.2. The Morgan fingerprint density at radius 3 is 2.60 bits per heavy atom. The van der Waals surface area contributed by atoms with E-state index in [4.69, 9.17) is 14.6 Å². The van der Waals surface area contributed by atoms with Gasteiger partial charge < -0.3 is 14.8 Å². The molecule has 0 radical (unpaired) electrons. The van der Waals surface area contributed by atoms with Gasteiger partial charge in [-0.05, 0) is 49.4 Å². The van der Waals surface area contributed by atoms with Crippen LogP contribution in [0.5, 0.6) is 5.75 Å². The van der Waals surface area contributed by atoms with Crippen LogP contribution in [0.1, 0.15) is 60.6 Å². The molecule has 7 heteroatoms. The molecule has 2 unspecified atom stereocenters. The molecule has 1 saturated carbocycles. The minimum absolute atomic E-state index is 0.0526. The van der Waals surface area contributed by atoms with E-state index in [0.29, 0.717) is 24.9 Å². The molecule has 3 aliphatic rings. The van der Waals surface area contributed by atoms with Crippen LogP contribution in [0.3, 0.4) is 0 Å². The van der Waals surface area contributed by atoms with Gasteiger partial charge in [0.2, 0.25) is 0 Å². The van der Waals surface area contributed by atoms with E-state index in [9.17, 15) is 4.79 Å². The van der Waals surface area contributed by atoms with Gasteiger partial charge in [0.05, 0.1) is 31.9 Å². The van der Waals surface area contributed by atoms with Crippen LogP contribution < -0.4 is 10.1 Å². The summed E-state index contributed by atoms with van der Waals surface area (Å²) in [5.74, 6) is 0.832. The van der Waals surface area contributed by atoms with Gasteiger partial charge >= 0.3 is 0 Å². The molecule has 3 heterocycles. The Balaban J connectivity index is 1.18. The van der Waals surface area contributed by atoms with Gasteiger partial charge in [0.25, 0.3) is 5.91 Å². The fraction of sp³-hybridized carbons (Fsp3) is 0.500. The van der Waals surface area contributed by atoms with Crippen LogP contribution >= 0.6 is 0 Å². The highest BCUT2D eigenvalue weighted by Gasteiger charge is 2.40. The minimum atomic E-state index is -0.0526. The molecule has 3 aromatic rings. The molecule has 3 fully saturated rings. The van der Waals surface area contributed by atoms with Crippen molar-refractivity contribution in [2.75, 3.05) is 20.3 Å². The summed E-state index contributed by atoms with van der Waals surface area (Å²) in [6, 6.07) is 17.5. The van der Waals surface area contributed by atoms with Gasteiger partial charge in [-0.25, -0.2) is 0 Å². The first kappa shape index (κ1) is 22.6. The lowest BCUT2D eigenvalue weighted by Gasteiger charge is -2.48. The average molecular weight is 475 g/mol. The van der Waals surface area contributed by atoms with Crippen molar-refractivity contribution < 1.29 is 14.3 Å². The lowest BCUT2D eigenvalue weighted by Crippen LogP contribution is -2.60. The molecule has 0 spiro atoms. The lowest BCUT2D eigenvalue weighted by molar-refractivity contribution is -0.0843. The Hall–Kier alpha value is -2.90. The number of ether oxygens (including phenoxy) is 2. The summed E-state index contributed by atoms with van der Waals surface area (Å²) in [5, 5.41) is 9.15. The van der Waals surface area contributed by atoms with Gasteiger partial charge in [0, 0.05) is 30.1 Å². The van der Waals surface area contributed by atoms with E-state index in [1.807, 2.05) is 30.3 Å². The number of carbonyl (C=O) groups excluding carboxylic acids is 1. The van der Waals surface area contributed by atoms with Crippen molar-refractivity contribution in [3.05, 3.63) is 59.8 Å². The Bertz CT molecular complexity index is 1190. The van der Waals surface area contributed by atoms with E-state index in [2.05, 4.69) is 33.1 Å². The number of para-hydroxylation sites is 1. The highest BCUT2D eigenvalue weighted by Crippen LogP contribution is 2.34. The monoisotopic (exact) mass is 474 g/mol. The quantitative estimate of drug-likeness (QED) is 0.576. The van der Waals surface area contributed by atoms with Crippen LogP contribution in [0.15, 0.2) is 48.5 Å². The molecule has 1 amide bonds. The van der Waals surface area contributed by atoms with Gasteiger partial charge in [0.15, 0.2) is 5.69 Å². The second-order valence-electron chi connectivity index (χ2n) is 10.3. The zero-order chi connectivity index (χ0) is 23.8. The van der Waals surface area contributed by atoms with Crippen LogP contribution in [0.4, 0.5) is 0 Å². The molecule has 184 valence electrons. The number of methoxy groups -OCH3 is 1. The predicted molar refractivity (Wildman–Crippen MR) is 135 cm³/mol. The zero-order valence-electron chi connectivity index (χ0n) is 20.4. The second kappa shape index (κ2) is 9.63. The van der Waals surface area contributed by atoms with Crippen LogP contribution in [0.2, 0.25) is 0 Å². The van der Waals surface area contributed by atoms with Crippen molar-refractivity contribution >= 4 is 16.8 Å². The maximum absolute atomic E-state index is 13.5. The van der Waals surface area contributed by atoms with Crippen LogP contribution in [-0.4, -0.2) is 59.0 Å². The van der Waals surface area contributed by atoms with Crippen molar-refractivity contribution in [3.63, 3.8) is 0 Å². The molecule has 2 bridgehead atoms. The number of carbonyl (C=O) groups is 1. The maximum Gasteiger partial charge on any atom is 0.272 e. The summed E-state index contributed by atoms with van der Waals surface area (Å²) in [6.45, 7) is 2.27. The normalized spacial score (nSPS) is 25.1. The molecule has 1 N–H and O–H groups in total. The van der Waals surface area contributed by atoms with Crippen LogP contribution in [0.25, 0.3) is 10.9 Å². The molecule has 1 aromatic heterocycles. The molecule has 2 aromatic carbocycles. The second-order valence-corrected chi connectivity index (χ2v) is 10.3. The number of nitrogens with one attached hydrogen (secondary N) is 1. The smallest absolute Gasteiger partial charge is 0.272 e. The largest absolute Gasteiger partial charge is 0.497 e. The average Bonchev–Trinajstić information content (AvgIpc) is 3.53. The fourth-order valence-electron chi connectivity index (χ4n) is 6.29. The maximum atomic E-state index is 13.5.